The average molecular weight is 322 g/mol. The van der Waals surface area contributed by atoms with E-state index >= 15 is 0 Å². The number of hydrogen-bond donors (Lipinski definition) is 0. The van der Waals surface area contributed by atoms with Crippen LogP contribution in [0.15, 0.2) is 30.4 Å². The summed E-state index contributed by atoms with van der Waals surface area (Å²) in [6, 6.07) is 1.83. The van der Waals surface area contributed by atoms with Crippen molar-refractivity contribution in [3.63, 3.8) is 0 Å². The summed E-state index contributed by atoms with van der Waals surface area (Å²) in [6.45, 7) is 3.61. The summed E-state index contributed by atoms with van der Waals surface area (Å²) >= 11 is 0. The Labute approximate surface area is 124 Å². The number of allylic oxidation sites excluding steroid dienone is 2. The van der Waals surface area contributed by atoms with Crippen molar-refractivity contribution in [3.05, 3.63) is 47.0 Å². The molecule has 0 saturated heterocycles. The van der Waals surface area contributed by atoms with Crippen LogP contribution in [0.2, 0.25) is 0 Å². The van der Waals surface area contributed by atoms with Gasteiger partial charge in [0.1, 0.15) is 0 Å². The Balaban J connectivity index is 2.61. The maximum Gasteiger partial charge on any atom is 0.416 e. The SMILES string of the molecule is CC1CC=CC(C)(c2cc(C(F)(F)F)cc(C(F)(F)F)c2)C1. The van der Waals surface area contributed by atoms with Gasteiger partial charge in [-0.15, -0.1) is 0 Å². The van der Waals surface area contributed by atoms with Gasteiger partial charge in [0.05, 0.1) is 11.1 Å². The highest BCUT2D eigenvalue weighted by Gasteiger charge is 2.39. The lowest BCUT2D eigenvalue weighted by atomic mass is 9.71. The third kappa shape index (κ3) is 3.47. The second-order valence-electron chi connectivity index (χ2n) is 6.16. The van der Waals surface area contributed by atoms with E-state index in [9.17, 15) is 26.3 Å². The van der Waals surface area contributed by atoms with Crippen molar-refractivity contribution in [3.8, 4) is 0 Å². The average Bonchev–Trinajstić information content (AvgIpc) is 2.36. The lowest BCUT2D eigenvalue weighted by Gasteiger charge is -2.34. The van der Waals surface area contributed by atoms with Crippen LogP contribution in [-0.2, 0) is 17.8 Å². The van der Waals surface area contributed by atoms with E-state index in [2.05, 4.69) is 0 Å². The van der Waals surface area contributed by atoms with Gasteiger partial charge in [-0.3, -0.25) is 0 Å². The van der Waals surface area contributed by atoms with Gasteiger partial charge < -0.3 is 0 Å². The summed E-state index contributed by atoms with van der Waals surface area (Å²) in [7, 11) is 0. The van der Waals surface area contributed by atoms with Crippen LogP contribution in [0.5, 0.6) is 0 Å². The maximum absolute atomic E-state index is 12.9. The highest BCUT2D eigenvalue weighted by Crippen LogP contribution is 2.42. The summed E-state index contributed by atoms with van der Waals surface area (Å²) in [5.74, 6) is 0.207. The molecule has 0 saturated carbocycles. The number of benzene rings is 1. The fourth-order valence-electron chi connectivity index (χ4n) is 2.93. The fourth-order valence-corrected chi connectivity index (χ4v) is 2.93. The minimum atomic E-state index is -4.81. The zero-order valence-electron chi connectivity index (χ0n) is 12.1. The Kier molecular flexibility index (Phi) is 4.09. The standard InChI is InChI=1S/C16H16F6/c1-10-4-3-5-14(2,9-10)11-6-12(15(17,18)19)8-13(7-11)16(20,21)22/h3,5-8,10H,4,9H2,1-2H3. The molecule has 0 spiro atoms. The van der Waals surface area contributed by atoms with E-state index in [0.29, 0.717) is 6.42 Å². The van der Waals surface area contributed by atoms with E-state index in [4.69, 9.17) is 0 Å². The molecule has 0 fully saturated rings. The van der Waals surface area contributed by atoms with Crippen molar-refractivity contribution in [1.29, 1.82) is 0 Å². The van der Waals surface area contributed by atoms with Crippen molar-refractivity contribution in [1.82, 2.24) is 0 Å². The van der Waals surface area contributed by atoms with Gasteiger partial charge in [0.15, 0.2) is 0 Å². The zero-order chi connectivity index (χ0) is 16.8. The Hall–Kier alpha value is -1.46. The molecule has 6 heteroatoms. The Morgan fingerprint density at radius 1 is 0.955 bits per heavy atom. The van der Waals surface area contributed by atoms with Crippen molar-refractivity contribution in [2.24, 2.45) is 5.92 Å². The van der Waals surface area contributed by atoms with Gasteiger partial charge in [-0.25, -0.2) is 0 Å². The molecule has 0 N–H and O–H groups in total. The van der Waals surface area contributed by atoms with Crippen molar-refractivity contribution < 1.29 is 26.3 Å². The third-order valence-corrected chi connectivity index (χ3v) is 4.04. The van der Waals surface area contributed by atoms with E-state index < -0.39 is 28.9 Å². The summed E-state index contributed by atoms with van der Waals surface area (Å²) in [4.78, 5) is 0. The fraction of sp³-hybridized carbons (Fsp3) is 0.500. The molecule has 2 unspecified atom stereocenters. The van der Waals surface area contributed by atoms with Crippen molar-refractivity contribution in [2.75, 3.05) is 0 Å². The van der Waals surface area contributed by atoms with Crippen LogP contribution in [0.25, 0.3) is 0 Å². The quantitative estimate of drug-likeness (QED) is 0.441. The minimum absolute atomic E-state index is 0.0532. The van der Waals surface area contributed by atoms with E-state index in [1.165, 1.54) is 0 Å². The molecule has 1 aromatic rings. The van der Waals surface area contributed by atoms with Crippen molar-refractivity contribution in [2.45, 2.75) is 44.5 Å². The van der Waals surface area contributed by atoms with Gasteiger partial charge in [-0.1, -0.05) is 26.0 Å². The molecule has 1 aliphatic carbocycles. The number of halogens is 6. The van der Waals surface area contributed by atoms with E-state index in [1.807, 2.05) is 13.0 Å². The predicted octanol–water partition coefficient (Wildman–Crippen LogP) is 5.97. The van der Waals surface area contributed by atoms with Gasteiger partial charge in [-0.2, -0.15) is 26.3 Å². The summed E-state index contributed by atoms with van der Waals surface area (Å²) in [6.07, 6.45) is -4.79. The van der Waals surface area contributed by atoms with Gasteiger partial charge in [-0.05, 0) is 42.5 Å². The summed E-state index contributed by atoms with van der Waals surface area (Å²) < 4.78 is 77.5. The molecular weight excluding hydrogens is 306 g/mol. The minimum Gasteiger partial charge on any atom is -0.166 e. The smallest absolute Gasteiger partial charge is 0.166 e. The topological polar surface area (TPSA) is 0 Å². The van der Waals surface area contributed by atoms with Crippen LogP contribution >= 0.6 is 0 Å². The lowest BCUT2D eigenvalue weighted by molar-refractivity contribution is -0.143. The Morgan fingerprint density at radius 3 is 1.86 bits per heavy atom. The van der Waals surface area contributed by atoms with Crippen LogP contribution in [0.4, 0.5) is 26.3 Å². The summed E-state index contributed by atoms with van der Waals surface area (Å²) in [5, 5.41) is 0. The molecule has 0 nitrogen and oxygen atoms in total. The third-order valence-electron chi connectivity index (χ3n) is 4.04. The molecule has 0 aliphatic heterocycles. The molecule has 0 amide bonds. The second kappa shape index (κ2) is 5.32. The largest absolute Gasteiger partial charge is 0.416 e. The Bertz CT molecular complexity index is 549. The van der Waals surface area contributed by atoms with Gasteiger partial charge in [0.25, 0.3) is 0 Å². The van der Waals surface area contributed by atoms with Gasteiger partial charge in [0, 0.05) is 5.41 Å². The first kappa shape index (κ1) is 16.9. The monoisotopic (exact) mass is 322 g/mol. The first-order valence-corrected chi connectivity index (χ1v) is 6.89. The first-order valence-electron chi connectivity index (χ1n) is 6.89. The zero-order valence-corrected chi connectivity index (χ0v) is 12.1. The van der Waals surface area contributed by atoms with Crippen molar-refractivity contribution >= 4 is 0 Å². The lowest BCUT2D eigenvalue weighted by Crippen LogP contribution is -2.26. The highest BCUT2D eigenvalue weighted by atomic mass is 19.4. The molecule has 0 bridgehead atoms. The molecule has 2 atom stereocenters. The molecule has 1 aliphatic rings. The van der Waals surface area contributed by atoms with E-state index in [0.717, 1.165) is 18.6 Å². The van der Waals surface area contributed by atoms with Crippen LogP contribution in [-0.4, -0.2) is 0 Å². The molecule has 0 heterocycles. The van der Waals surface area contributed by atoms with Crippen LogP contribution in [0.1, 0.15) is 43.4 Å². The van der Waals surface area contributed by atoms with Gasteiger partial charge in [0.2, 0.25) is 0 Å². The van der Waals surface area contributed by atoms with Crippen LogP contribution < -0.4 is 0 Å². The number of alkyl halides is 6. The van der Waals surface area contributed by atoms with Gasteiger partial charge >= 0.3 is 12.4 Å². The highest BCUT2D eigenvalue weighted by molar-refractivity contribution is 5.40. The molecule has 122 valence electrons. The Morgan fingerprint density at radius 2 is 1.45 bits per heavy atom. The first-order chi connectivity index (χ1) is 9.92. The van der Waals surface area contributed by atoms with Crippen LogP contribution in [0.3, 0.4) is 0 Å². The second-order valence-corrected chi connectivity index (χ2v) is 6.16. The number of hydrogen-bond acceptors (Lipinski definition) is 0. The maximum atomic E-state index is 12.9. The molecule has 0 radical (unpaired) electrons. The normalized spacial score (nSPS) is 26.3. The van der Waals surface area contributed by atoms with E-state index in [1.54, 1.807) is 13.0 Å². The summed E-state index contributed by atoms with van der Waals surface area (Å²) in [5.41, 5.74) is -3.29. The molecule has 2 rings (SSSR count). The molecule has 0 aromatic heterocycles. The van der Waals surface area contributed by atoms with E-state index in [-0.39, 0.29) is 17.5 Å². The molecule has 22 heavy (non-hydrogen) atoms. The predicted molar refractivity (Wildman–Crippen MR) is 71.3 cm³/mol. The van der Waals surface area contributed by atoms with Crippen LogP contribution in [0, 0.1) is 5.92 Å². The number of rotatable bonds is 1. The molecule has 1 aromatic carbocycles. The molecular formula is C16H16F6.